The van der Waals surface area contributed by atoms with Gasteiger partial charge in [0.1, 0.15) is 0 Å². The van der Waals surface area contributed by atoms with Crippen molar-refractivity contribution in [3.63, 3.8) is 0 Å². The van der Waals surface area contributed by atoms with Gasteiger partial charge in [0.15, 0.2) is 0 Å². The molecule has 3 rings (SSSR count). The van der Waals surface area contributed by atoms with Crippen molar-refractivity contribution < 1.29 is 0 Å². The van der Waals surface area contributed by atoms with Gasteiger partial charge in [0.2, 0.25) is 0 Å². The highest BCUT2D eigenvalue weighted by atomic mass is 15.2. The van der Waals surface area contributed by atoms with E-state index in [1.165, 1.54) is 56.4 Å². The van der Waals surface area contributed by atoms with E-state index in [-0.39, 0.29) is 0 Å². The number of benzene rings is 1. The maximum absolute atomic E-state index is 3.48. The van der Waals surface area contributed by atoms with Crippen LogP contribution in [0, 0.1) is 5.41 Å². The highest BCUT2D eigenvalue weighted by Crippen LogP contribution is 2.42. The molecule has 2 nitrogen and oxygen atoms in total. The third-order valence-electron chi connectivity index (χ3n) is 5.05. The smallest absolute Gasteiger partial charge is 0.0370 e. The third-order valence-corrected chi connectivity index (χ3v) is 5.05. The Bertz CT molecular complexity index is 452. The van der Waals surface area contributed by atoms with Gasteiger partial charge in [0.05, 0.1) is 0 Å². The van der Waals surface area contributed by atoms with E-state index in [0.717, 1.165) is 13.1 Å². The van der Waals surface area contributed by atoms with Gasteiger partial charge in [-0.3, -0.25) is 0 Å². The minimum atomic E-state index is 0.609. The summed E-state index contributed by atoms with van der Waals surface area (Å²) in [4.78, 5) is 2.58. The van der Waals surface area contributed by atoms with Crippen molar-refractivity contribution in [2.24, 2.45) is 5.41 Å². The molecule has 1 aromatic rings. The molecule has 1 aromatic carbocycles. The summed E-state index contributed by atoms with van der Waals surface area (Å²) < 4.78 is 0. The lowest BCUT2D eigenvalue weighted by molar-refractivity contribution is 0.173. The summed E-state index contributed by atoms with van der Waals surface area (Å²) in [7, 11) is 0. The molecule has 1 fully saturated rings. The summed E-state index contributed by atoms with van der Waals surface area (Å²) in [6, 6.07) is 7.11. The molecule has 2 heteroatoms. The maximum Gasteiger partial charge on any atom is 0.0370 e. The topological polar surface area (TPSA) is 15.3 Å². The SMILES string of the molecule is CCCC1(CCC)CN(c2ccc3c(c2)CNCC3)C1. The number of nitrogens with zero attached hydrogens (tertiary/aromatic N) is 1. The number of anilines is 1. The van der Waals surface area contributed by atoms with Gasteiger partial charge in [-0.15, -0.1) is 0 Å². The molecule has 0 aliphatic carbocycles. The van der Waals surface area contributed by atoms with Crippen LogP contribution >= 0.6 is 0 Å². The first-order chi connectivity index (χ1) is 9.76. The summed E-state index contributed by atoms with van der Waals surface area (Å²) in [5.74, 6) is 0. The molecule has 0 amide bonds. The lowest BCUT2D eigenvalue weighted by Crippen LogP contribution is -2.56. The van der Waals surface area contributed by atoms with E-state index in [2.05, 4.69) is 42.3 Å². The van der Waals surface area contributed by atoms with Crippen LogP contribution in [0.15, 0.2) is 18.2 Å². The molecule has 0 spiro atoms. The zero-order chi connectivity index (χ0) is 14.0. The fourth-order valence-corrected chi connectivity index (χ4v) is 4.11. The Morgan fingerprint density at radius 1 is 1.10 bits per heavy atom. The van der Waals surface area contributed by atoms with Crippen molar-refractivity contribution in [2.75, 3.05) is 24.5 Å². The quantitative estimate of drug-likeness (QED) is 0.878. The molecule has 0 unspecified atom stereocenters. The normalized spacial score (nSPS) is 20.4. The van der Waals surface area contributed by atoms with Crippen LogP contribution in [0.2, 0.25) is 0 Å². The van der Waals surface area contributed by atoms with Crippen LogP contribution in [-0.2, 0) is 13.0 Å². The molecule has 0 aromatic heterocycles. The zero-order valence-corrected chi connectivity index (χ0v) is 13.0. The first-order valence-electron chi connectivity index (χ1n) is 8.34. The molecule has 0 atom stereocenters. The van der Waals surface area contributed by atoms with Gasteiger partial charge in [-0.05, 0) is 49.1 Å². The van der Waals surface area contributed by atoms with Crippen molar-refractivity contribution in [2.45, 2.75) is 52.5 Å². The molecule has 110 valence electrons. The van der Waals surface area contributed by atoms with E-state index in [4.69, 9.17) is 0 Å². The number of hydrogen-bond acceptors (Lipinski definition) is 2. The van der Waals surface area contributed by atoms with Gasteiger partial charge in [-0.1, -0.05) is 32.8 Å². The summed E-state index contributed by atoms with van der Waals surface area (Å²) in [6.07, 6.45) is 6.61. The van der Waals surface area contributed by atoms with Crippen LogP contribution < -0.4 is 10.2 Å². The Labute approximate surface area is 123 Å². The Balaban J connectivity index is 1.69. The van der Waals surface area contributed by atoms with E-state index in [0.29, 0.717) is 5.41 Å². The third kappa shape index (κ3) is 2.58. The van der Waals surface area contributed by atoms with Crippen LogP contribution in [-0.4, -0.2) is 19.6 Å². The summed E-state index contributed by atoms with van der Waals surface area (Å²) >= 11 is 0. The molecule has 1 saturated heterocycles. The minimum absolute atomic E-state index is 0.609. The lowest BCUT2D eigenvalue weighted by Gasteiger charge is -2.52. The molecule has 20 heavy (non-hydrogen) atoms. The van der Waals surface area contributed by atoms with Crippen molar-refractivity contribution in [1.82, 2.24) is 5.32 Å². The van der Waals surface area contributed by atoms with Gasteiger partial charge >= 0.3 is 0 Å². The molecule has 0 radical (unpaired) electrons. The van der Waals surface area contributed by atoms with Crippen LogP contribution in [0.5, 0.6) is 0 Å². The van der Waals surface area contributed by atoms with Crippen LogP contribution in [0.25, 0.3) is 0 Å². The minimum Gasteiger partial charge on any atom is -0.370 e. The second kappa shape index (κ2) is 5.77. The van der Waals surface area contributed by atoms with Crippen molar-refractivity contribution in [1.29, 1.82) is 0 Å². The molecule has 2 aliphatic heterocycles. The van der Waals surface area contributed by atoms with Crippen molar-refractivity contribution in [3.8, 4) is 0 Å². The van der Waals surface area contributed by atoms with Crippen LogP contribution in [0.1, 0.15) is 50.7 Å². The Kier molecular flexibility index (Phi) is 4.02. The fourth-order valence-electron chi connectivity index (χ4n) is 4.11. The highest BCUT2D eigenvalue weighted by Gasteiger charge is 2.41. The monoisotopic (exact) mass is 272 g/mol. The van der Waals surface area contributed by atoms with E-state index in [1.807, 2.05) is 0 Å². The molecule has 1 N–H and O–H groups in total. The second-order valence-corrected chi connectivity index (χ2v) is 6.74. The zero-order valence-electron chi connectivity index (χ0n) is 13.0. The predicted octanol–water partition coefficient (Wildman–Crippen LogP) is 3.74. The first-order valence-corrected chi connectivity index (χ1v) is 8.34. The Hall–Kier alpha value is -1.02. The second-order valence-electron chi connectivity index (χ2n) is 6.74. The van der Waals surface area contributed by atoms with Crippen LogP contribution in [0.3, 0.4) is 0 Å². The van der Waals surface area contributed by atoms with Crippen molar-refractivity contribution >= 4 is 5.69 Å². The largest absolute Gasteiger partial charge is 0.370 e. The van der Waals surface area contributed by atoms with Crippen molar-refractivity contribution in [3.05, 3.63) is 29.3 Å². The van der Waals surface area contributed by atoms with E-state index >= 15 is 0 Å². The summed E-state index contributed by atoms with van der Waals surface area (Å²) in [6.45, 7) is 9.36. The standard InChI is InChI=1S/C18H28N2/c1-3-8-18(9-4-2)13-20(14-18)17-6-5-15-7-10-19-12-16(15)11-17/h5-6,11,19H,3-4,7-10,12-14H2,1-2H3. The molecule has 2 heterocycles. The average Bonchev–Trinajstić information content (AvgIpc) is 2.44. The Morgan fingerprint density at radius 2 is 1.85 bits per heavy atom. The Morgan fingerprint density at radius 3 is 2.55 bits per heavy atom. The van der Waals surface area contributed by atoms with Gasteiger partial charge < -0.3 is 10.2 Å². The molecule has 0 bridgehead atoms. The summed E-state index contributed by atoms with van der Waals surface area (Å²) in [5.41, 5.74) is 5.10. The highest BCUT2D eigenvalue weighted by molar-refractivity contribution is 5.54. The van der Waals surface area contributed by atoms with Gasteiger partial charge in [0, 0.05) is 30.7 Å². The summed E-state index contributed by atoms with van der Waals surface area (Å²) in [5, 5.41) is 3.48. The van der Waals surface area contributed by atoms with E-state index in [9.17, 15) is 0 Å². The van der Waals surface area contributed by atoms with E-state index < -0.39 is 0 Å². The number of hydrogen-bond donors (Lipinski definition) is 1. The average molecular weight is 272 g/mol. The van der Waals surface area contributed by atoms with E-state index in [1.54, 1.807) is 5.56 Å². The number of rotatable bonds is 5. The lowest BCUT2D eigenvalue weighted by atomic mass is 9.72. The predicted molar refractivity (Wildman–Crippen MR) is 86.3 cm³/mol. The fraction of sp³-hybridized carbons (Fsp3) is 0.667. The molecular weight excluding hydrogens is 244 g/mol. The molecular formula is C18H28N2. The van der Waals surface area contributed by atoms with Crippen LogP contribution in [0.4, 0.5) is 5.69 Å². The first kappa shape index (κ1) is 13.9. The van der Waals surface area contributed by atoms with Gasteiger partial charge in [0.25, 0.3) is 0 Å². The van der Waals surface area contributed by atoms with Gasteiger partial charge in [-0.25, -0.2) is 0 Å². The number of nitrogens with one attached hydrogen (secondary N) is 1. The maximum atomic E-state index is 3.48. The molecule has 2 aliphatic rings. The van der Waals surface area contributed by atoms with Gasteiger partial charge in [-0.2, -0.15) is 0 Å². The number of fused-ring (bicyclic) bond motifs is 1. The molecule has 0 saturated carbocycles.